The molecule has 0 unspecified atom stereocenters. The number of benzene rings is 2. The molecule has 3 rings (SSSR count). The second-order valence-electron chi connectivity index (χ2n) is 6.26. The van der Waals surface area contributed by atoms with Gasteiger partial charge in [-0.05, 0) is 36.8 Å². The Morgan fingerprint density at radius 3 is 2.69 bits per heavy atom. The van der Waals surface area contributed by atoms with Crippen LogP contribution in [0.2, 0.25) is 5.02 Å². The Hall–Kier alpha value is -2.66. The summed E-state index contributed by atoms with van der Waals surface area (Å²) in [7, 11) is 0. The van der Waals surface area contributed by atoms with E-state index in [2.05, 4.69) is 0 Å². The van der Waals surface area contributed by atoms with Crippen LogP contribution in [0.4, 0.5) is 4.39 Å². The summed E-state index contributed by atoms with van der Waals surface area (Å²) >= 11 is 6.00. The molecule has 0 aliphatic carbocycles. The quantitative estimate of drug-likeness (QED) is 0.432. The predicted octanol–water partition coefficient (Wildman–Crippen LogP) is 4.97. The van der Waals surface area contributed by atoms with E-state index in [9.17, 15) is 14.0 Å². The van der Waals surface area contributed by atoms with E-state index in [1.54, 1.807) is 26.8 Å². The van der Waals surface area contributed by atoms with Crippen molar-refractivity contribution in [2.45, 2.75) is 20.8 Å². The monoisotopic (exact) mass is 374 g/mol. The van der Waals surface area contributed by atoms with Crippen molar-refractivity contribution in [2.75, 3.05) is 0 Å². The van der Waals surface area contributed by atoms with Gasteiger partial charge in [0, 0.05) is 11.6 Å². The number of esters is 1. The van der Waals surface area contributed by atoms with Gasteiger partial charge >= 0.3 is 5.97 Å². The molecule has 0 radical (unpaired) electrons. The number of hydrogen-bond acceptors (Lipinski definition) is 4. The number of Topliss-reactive ketones (excluding diaryl/α,β-unsaturated/α-hetero) is 1. The normalized spacial score (nSPS) is 14.5. The molecule has 0 aromatic heterocycles. The van der Waals surface area contributed by atoms with Gasteiger partial charge in [-0.3, -0.25) is 9.59 Å². The van der Waals surface area contributed by atoms with Crippen LogP contribution in [0.5, 0.6) is 11.5 Å². The summed E-state index contributed by atoms with van der Waals surface area (Å²) in [5, 5.41) is 0.174. The van der Waals surface area contributed by atoms with Gasteiger partial charge in [-0.15, -0.1) is 0 Å². The van der Waals surface area contributed by atoms with E-state index in [1.165, 1.54) is 30.3 Å². The predicted molar refractivity (Wildman–Crippen MR) is 96.0 cm³/mol. The summed E-state index contributed by atoms with van der Waals surface area (Å²) in [6.45, 7) is 5.16. The molecule has 0 saturated carbocycles. The number of ketones is 1. The number of ether oxygens (including phenoxy) is 2. The summed E-state index contributed by atoms with van der Waals surface area (Å²) in [6.07, 6.45) is 1.28. The van der Waals surface area contributed by atoms with Crippen LogP contribution in [0.15, 0.2) is 36.1 Å². The summed E-state index contributed by atoms with van der Waals surface area (Å²) < 4.78 is 24.8. The average molecular weight is 375 g/mol. The van der Waals surface area contributed by atoms with Crippen molar-refractivity contribution in [3.05, 3.63) is 63.6 Å². The molecule has 134 valence electrons. The smallest absolute Gasteiger partial charge is 0.313 e. The lowest BCUT2D eigenvalue weighted by Crippen LogP contribution is -2.14. The molecule has 2 aromatic carbocycles. The van der Waals surface area contributed by atoms with Gasteiger partial charge in [0.15, 0.2) is 5.76 Å². The maximum atomic E-state index is 14.0. The molecule has 4 nitrogen and oxygen atoms in total. The topological polar surface area (TPSA) is 52.6 Å². The minimum atomic E-state index is -0.555. The van der Waals surface area contributed by atoms with Crippen LogP contribution in [0, 0.1) is 18.7 Å². The molecule has 1 heterocycles. The van der Waals surface area contributed by atoms with E-state index in [0.717, 1.165) is 0 Å². The molecule has 0 bridgehead atoms. The van der Waals surface area contributed by atoms with Gasteiger partial charge in [0.05, 0.1) is 16.5 Å². The summed E-state index contributed by atoms with van der Waals surface area (Å²) in [4.78, 5) is 24.4. The van der Waals surface area contributed by atoms with Crippen molar-refractivity contribution in [2.24, 2.45) is 5.92 Å². The number of aryl methyl sites for hydroxylation is 1. The van der Waals surface area contributed by atoms with Crippen molar-refractivity contribution in [1.29, 1.82) is 0 Å². The number of halogens is 2. The molecule has 6 heteroatoms. The highest BCUT2D eigenvalue weighted by Gasteiger charge is 2.31. The molecule has 0 atom stereocenters. The molecule has 0 saturated heterocycles. The van der Waals surface area contributed by atoms with E-state index in [0.29, 0.717) is 11.1 Å². The highest BCUT2D eigenvalue weighted by atomic mass is 35.5. The second-order valence-corrected chi connectivity index (χ2v) is 6.67. The minimum absolute atomic E-state index is 0.0394. The Morgan fingerprint density at radius 1 is 1.31 bits per heavy atom. The zero-order valence-corrected chi connectivity index (χ0v) is 15.2. The van der Waals surface area contributed by atoms with Crippen molar-refractivity contribution < 1.29 is 23.5 Å². The molecule has 0 spiro atoms. The van der Waals surface area contributed by atoms with Gasteiger partial charge in [-0.2, -0.15) is 0 Å². The Labute approximate surface area is 155 Å². The van der Waals surface area contributed by atoms with Crippen LogP contribution in [-0.2, 0) is 4.79 Å². The molecule has 0 fully saturated rings. The van der Waals surface area contributed by atoms with Gasteiger partial charge in [-0.1, -0.05) is 31.5 Å². The standard InChI is InChI=1S/C20H16ClFO4/c1-10(2)20(24)25-12-7-11(3)18-16(8-12)26-17(19(18)23)9-13-14(21)5-4-6-15(13)22/h4-10H,1-3H3/b17-9-. The summed E-state index contributed by atoms with van der Waals surface area (Å²) in [5.74, 6) is -1.09. The van der Waals surface area contributed by atoms with Crippen molar-refractivity contribution in [1.82, 2.24) is 0 Å². The molecule has 26 heavy (non-hydrogen) atoms. The van der Waals surface area contributed by atoms with Gasteiger partial charge in [0.25, 0.3) is 0 Å². The van der Waals surface area contributed by atoms with Crippen molar-refractivity contribution >= 4 is 29.4 Å². The number of carbonyl (C=O) groups is 2. The maximum Gasteiger partial charge on any atom is 0.313 e. The first-order chi connectivity index (χ1) is 12.3. The molecule has 0 N–H and O–H groups in total. The van der Waals surface area contributed by atoms with Crippen molar-refractivity contribution in [3.8, 4) is 11.5 Å². The Balaban J connectivity index is 1.97. The molecule has 1 aliphatic heterocycles. The van der Waals surface area contributed by atoms with Crippen LogP contribution in [-0.4, -0.2) is 11.8 Å². The fraction of sp³-hybridized carbons (Fsp3) is 0.200. The Kier molecular flexibility index (Phi) is 4.83. The number of allylic oxidation sites excluding steroid dienone is 1. The lowest BCUT2D eigenvalue weighted by Gasteiger charge is -2.09. The number of carbonyl (C=O) groups excluding carboxylic acids is 2. The Bertz CT molecular complexity index is 927. The van der Waals surface area contributed by atoms with Crippen LogP contribution in [0.3, 0.4) is 0 Å². The zero-order chi connectivity index (χ0) is 19.0. The first kappa shape index (κ1) is 18.1. The fourth-order valence-corrected chi connectivity index (χ4v) is 2.77. The molecule has 0 amide bonds. The number of hydrogen-bond donors (Lipinski definition) is 0. The molecule has 2 aromatic rings. The second kappa shape index (κ2) is 6.92. The first-order valence-corrected chi connectivity index (χ1v) is 8.40. The maximum absolute atomic E-state index is 14.0. The van der Waals surface area contributed by atoms with E-state index < -0.39 is 5.82 Å². The third-order valence-electron chi connectivity index (χ3n) is 3.91. The molecular weight excluding hydrogens is 359 g/mol. The average Bonchev–Trinajstić information content (AvgIpc) is 2.87. The van der Waals surface area contributed by atoms with E-state index in [4.69, 9.17) is 21.1 Å². The van der Waals surface area contributed by atoms with Gasteiger partial charge in [0.2, 0.25) is 5.78 Å². The van der Waals surface area contributed by atoms with E-state index >= 15 is 0 Å². The zero-order valence-electron chi connectivity index (χ0n) is 14.4. The van der Waals surface area contributed by atoms with Crippen LogP contribution in [0.1, 0.15) is 35.3 Å². The summed E-state index contributed by atoms with van der Waals surface area (Å²) in [5.41, 5.74) is 1.03. The van der Waals surface area contributed by atoms with Crippen LogP contribution < -0.4 is 9.47 Å². The highest BCUT2D eigenvalue weighted by Crippen LogP contribution is 2.38. The third-order valence-corrected chi connectivity index (χ3v) is 4.24. The molecule has 1 aliphatic rings. The fourth-order valence-electron chi connectivity index (χ4n) is 2.55. The van der Waals surface area contributed by atoms with Crippen LogP contribution in [0.25, 0.3) is 6.08 Å². The van der Waals surface area contributed by atoms with Gasteiger partial charge in [0.1, 0.15) is 17.3 Å². The van der Waals surface area contributed by atoms with Crippen molar-refractivity contribution in [3.63, 3.8) is 0 Å². The van der Waals surface area contributed by atoms with Gasteiger partial charge < -0.3 is 9.47 Å². The minimum Gasteiger partial charge on any atom is -0.452 e. The SMILES string of the molecule is Cc1cc(OC(=O)C(C)C)cc2c1C(=O)/C(=C/c1c(F)cccc1Cl)O2. The summed E-state index contributed by atoms with van der Waals surface area (Å²) in [6, 6.07) is 7.33. The molecular formula is C20H16ClFO4. The van der Waals surface area contributed by atoms with E-state index in [-0.39, 0.29) is 45.5 Å². The van der Waals surface area contributed by atoms with Crippen LogP contribution >= 0.6 is 11.6 Å². The first-order valence-electron chi connectivity index (χ1n) is 8.02. The largest absolute Gasteiger partial charge is 0.452 e. The highest BCUT2D eigenvalue weighted by molar-refractivity contribution is 6.32. The lowest BCUT2D eigenvalue weighted by atomic mass is 10.0. The van der Waals surface area contributed by atoms with E-state index in [1.807, 2.05) is 0 Å². The third kappa shape index (κ3) is 3.35. The lowest BCUT2D eigenvalue weighted by molar-refractivity contribution is -0.137. The van der Waals surface area contributed by atoms with Gasteiger partial charge in [-0.25, -0.2) is 4.39 Å². The Morgan fingerprint density at radius 2 is 2.04 bits per heavy atom. The number of rotatable bonds is 3. The number of fused-ring (bicyclic) bond motifs is 1.